The Balaban J connectivity index is 1.40. The van der Waals surface area contributed by atoms with Crippen molar-refractivity contribution in [3.05, 3.63) is 101 Å². The smallest absolute Gasteiger partial charge is 0.119 e. The van der Waals surface area contributed by atoms with E-state index < -0.39 is 0 Å². The molecule has 0 aromatic heterocycles. The van der Waals surface area contributed by atoms with E-state index in [0.29, 0.717) is 6.61 Å². The first-order valence-corrected chi connectivity index (χ1v) is 8.81. The van der Waals surface area contributed by atoms with Crippen LogP contribution in [0.25, 0.3) is 0 Å². The maximum absolute atomic E-state index is 5.83. The number of hydrogen-bond acceptors (Lipinski definition) is 2. The van der Waals surface area contributed by atoms with E-state index in [2.05, 4.69) is 72.9 Å². The van der Waals surface area contributed by atoms with Crippen LogP contribution in [0.3, 0.4) is 0 Å². The molecule has 1 N–H and O–H groups in total. The Morgan fingerprint density at radius 1 is 0.680 bits per heavy atom. The van der Waals surface area contributed by atoms with Gasteiger partial charge in [-0.2, -0.15) is 0 Å². The minimum atomic E-state index is 0.703. The van der Waals surface area contributed by atoms with E-state index in [0.717, 1.165) is 25.3 Å². The molecule has 0 aliphatic heterocycles. The molecule has 0 spiro atoms. The number of benzene rings is 3. The van der Waals surface area contributed by atoms with Crippen LogP contribution < -0.4 is 10.1 Å². The third-order valence-corrected chi connectivity index (χ3v) is 4.20. The van der Waals surface area contributed by atoms with Crippen LogP contribution in [0.4, 0.5) is 0 Å². The number of rotatable bonds is 8. The first-order chi connectivity index (χ1) is 12.3. The molecule has 3 aromatic carbocycles. The quantitative estimate of drug-likeness (QED) is 0.633. The fraction of sp³-hybridized carbons (Fsp3) is 0.217. The van der Waals surface area contributed by atoms with Gasteiger partial charge in [0.25, 0.3) is 0 Å². The highest BCUT2D eigenvalue weighted by molar-refractivity contribution is 5.27. The van der Waals surface area contributed by atoms with Gasteiger partial charge < -0.3 is 10.1 Å². The van der Waals surface area contributed by atoms with Crippen molar-refractivity contribution in [1.82, 2.24) is 5.32 Å². The number of aryl methyl sites for hydroxylation is 1. The van der Waals surface area contributed by atoms with Gasteiger partial charge in [0.05, 0.1) is 6.61 Å². The minimum absolute atomic E-state index is 0.703. The highest BCUT2D eigenvalue weighted by Crippen LogP contribution is 2.13. The third kappa shape index (κ3) is 5.77. The normalized spacial score (nSPS) is 10.6. The summed E-state index contributed by atoms with van der Waals surface area (Å²) in [5.74, 6) is 0.929. The van der Waals surface area contributed by atoms with E-state index in [1.54, 1.807) is 0 Å². The van der Waals surface area contributed by atoms with Crippen molar-refractivity contribution in [2.45, 2.75) is 26.4 Å². The lowest BCUT2D eigenvalue weighted by atomic mass is 10.1. The molecular formula is C23H25NO. The molecule has 25 heavy (non-hydrogen) atoms. The molecule has 0 saturated heterocycles. The summed E-state index contributed by atoms with van der Waals surface area (Å²) < 4.78 is 5.83. The highest BCUT2D eigenvalue weighted by Gasteiger charge is 1.98. The summed E-state index contributed by atoms with van der Waals surface area (Å²) >= 11 is 0. The van der Waals surface area contributed by atoms with Crippen LogP contribution in [-0.2, 0) is 19.5 Å². The summed E-state index contributed by atoms with van der Waals surface area (Å²) in [6.07, 6.45) is 0.931. The van der Waals surface area contributed by atoms with Gasteiger partial charge >= 0.3 is 0 Å². The Morgan fingerprint density at radius 3 is 1.92 bits per heavy atom. The second-order valence-corrected chi connectivity index (χ2v) is 6.32. The molecule has 0 aliphatic rings. The summed E-state index contributed by atoms with van der Waals surface area (Å²) in [6, 6.07) is 27.4. The Bertz CT molecular complexity index is 748. The second kappa shape index (κ2) is 9.05. The number of ether oxygens (including phenoxy) is 1. The lowest BCUT2D eigenvalue weighted by Gasteiger charge is -2.09. The first kappa shape index (κ1) is 17.2. The van der Waals surface area contributed by atoms with Gasteiger partial charge in [-0.1, -0.05) is 72.3 Å². The zero-order chi connectivity index (χ0) is 17.3. The van der Waals surface area contributed by atoms with Gasteiger partial charge in [-0.15, -0.1) is 0 Å². The van der Waals surface area contributed by atoms with Crippen molar-refractivity contribution in [3.8, 4) is 5.75 Å². The van der Waals surface area contributed by atoms with E-state index in [1.165, 1.54) is 22.3 Å². The maximum atomic E-state index is 5.83. The Kier molecular flexibility index (Phi) is 6.24. The summed E-state index contributed by atoms with van der Waals surface area (Å²) in [5, 5.41) is 3.48. The Morgan fingerprint density at radius 2 is 1.28 bits per heavy atom. The van der Waals surface area contributed by atoms with Crippen LogP contribution in [-0.4, -0.2) is 6.61 Å². The molecule has 128 valence electrons. The molecule has 0 radical (unpaired) electrons. The standard InChI is InChI=1S/C23H25NO/c1-19-7-9-21(10-8-19)17-24-18-22-11-13-23(14-12-22)25-16-15-20-5-3-2-4-6-20/h2-14,24H,15-18H2,1H3. The van der Waals surface area contributed by atoms with E-state index in [4.69, 9.17) is 4.74 Å². The molecule has 0 fully saturated rings. The summed E-state index contributed by atoms with van der Waals surface area (Å²) in [5.41, 5.74) is 5.18. The van der Waals surface area contributed by atoms with Gasteiger partial charge in [-0.05, 0) is 35.7 Å². The lowest BCUT2D eigenvalue weighted by Crippen LogP contribution is -2.12. The van der Waals surface area contributed by atoms with Crippen molar-refractivity contribution in [1.29, 1.82) is 0 Å². The van der Waals surface area contributed by atoms with Gasteiger partial charge in [0, 0.05) is 19.5 Å². The van der Waals surface area contributed by atoms with Crippen LogP contribution in [0.15, 0.2) is 78.9 Å². The molecule has 0 saturated carbocycles. The van der Waals surface area contributed by atoms with Crippen molar-refractivity contribution in [3.63, 3.8) is 0 Å². The van der Waals surface area contributed by atoms with E-state index in [9.17, 15) is 0 Å². The van der Waals surface area contributed by atoms with E-state index >= 15 is 0 Å². The van der Waals surface area contributed by atoms with Crippen LogP contribution in [0.1, 0.15) is 22.3 Å². The lowest BCUT2D eigenvalue weighted by molar-refractivity contribution is 0.322. The van der Waals surface area contributed by atoms with Crippen molar-refractivity contribution >= 4 is 0 Å². The molecule has 0 aliphatic carbocycles. The topological polar surface area (TPSA) is 21.3 Å². The van der Waals surface area contributed by atoms with Crippen LogP contribution in [0, 0.1) is 6.92 Å². The molecule has 0 unspecified atom stereocenters. The average molecular weight is 331 g/mol. The van der Waals surface area contributed by atoms with Gasteiger partial charge in [-0.25, -0.2) is 0 Å². The van der Waals surface area contributed by atoms with Crippen LogP contribution in [0.2, 0.25) is 0 Å². The van der Waals surface area contributed by atoms with Crippen molar-refractivity contribution < 1.29 is 4.74 Å². The summed E-state index contributed by atoms with van der Waals surface area (Å²) in [6.45, 7) is 4.56. The fourth-order valence-electron chi connectivity index (χ4n) is 2.69. The molecule has 0 heterocycles. The zero-order valence-electron chi connectivity index (χ0n) is 14.7. The molecule has 3 rings (SSSR count). The molecule has 0 bridgehead atoms. The fourth-order valence-corrected chi connectivity index (χ4v) is 2.69. The third-order valence-electron chi connectivity index (χ3n) is 4.20. The predicted octanol–water partition coefficient (Wildman–Crippen LogP) is 4.91. The van der Waals surface area contributed by atoms with Gasteiger partial charge in [-0.3, -0.25) is 0 Å². The maximum Gasteiger partial charge on any atom is 0.119 e. The molecule has 3 aromatic rings. The molecule has 2 nitrogen and oxygen atoms in total. The number of nitrogens with one attached hydrogen (secondary N) is 1. The molecule has 2 heteroatoms. The van der Waals surface area contributed by atoms with Crippen molar-refractivity contribution in [2.75, 3.05) is 6.61 Å². The van der Waals surface area contributed by atoms with Gasteiger partial charge in [0.2, 0.25) is 0 Å². The molecule has 0 atom stereocenters. The Labute approximate surface area is 150 Å². The monoisotopic (exact) mass is 331 g/mol. The Hall–Kier alpha value is -2.58. The summed E-state index contributed by atoms with van der Waals surface area (Å²) in [4.78, 5) is 0. The minimum Gasteiger partial charge on any atom is -0.493 e. The predicted molar refractivity (Wildman–Crippen MR) is 104 cm³/mol. The largest absolute Gasteiger partial charge is 0.493 e. The molecule has 0 amide bonds. The second-order valence-electron chi connectivity index (χ2n) is 6.32. The van der Waals surface area contributed by atoms with Crippen LogP contribution in [0.5, 0.6) is 5.75 Å². The first-order valence-electron chi connectivity index (χ1n) is 8.81. The summed E-state index contributed by atoms with van der Waals surface area (Å²) in [7, 11) is 0. The van der Waals surface area contributed by atoms with Gasteiger partial charge in [0.1, 0.15) is 5.75 Å². The van der Waals surface area contributed by atoms with E-state index in [1.807, 2.05) is 18.2 Å². The van der Waals surface area contributed by atoms with Crippen molar-refractivity contribution in [2.24, 2.45) is 0 Å². The van der Waals surface area contributed by atoms with E-state index in [-0.39, 0.29) is 0 Å². The molecular weight excluding hydrogens is 306 g/mol. The number of hydrogen-bond donors (Lipinski definition) is 1. The van der Waals surface area contributed by atoms with Gasteiger partial charge in [0.15, 0.2) is 0 Å². The SMILES string of the molecule is Cc1ccc(CNCc2ccc(OCCc3ccccc3)cc2)cc1. The highest BCUT2D eigenvalue weighted by atomic mass is 16.5. The average Bonchev–Trinajstić information content (AvgIpc) is 2.66. The van der Waals surface area contributed by atoms with Crippen LogP contribution >= 0.6 is 0 Å². The zero-order valence-corrected chi connectivity index (χ0v) is 14.7.